The van der Waals surface area contributed by atoms with Crippen LogP contribution in [0.1, 0.15) is 22.5 Å². The molecule has 30 heavy (non-hydrogen) atoms. The number of ether oxygens (including phenoxy) is 2. The van der Waals surface area contributed by atoms with E-state index in [0.717, 1.165) is 33.3 Å². The average molecular weight is 442 g/mol. The van der Waals surface area contributed by atoms with Crippen molar-refractivity contribution in [2.75, 3.05) is 25.3 Å². The molecule has 1 N–H and O–H groups in total. The first-order valence-corrected chi connectivity index (χ1v) is 11.2. The molecule has 0 spiro atoms. The van der Waals surface area contributed by atoms with E-state index in [0.29, 0.717) is 17.0 Å². The molecule has 1 aromatic heterocycles. The molecule has 5 nitrogen and oxygen atoms in total. The van der Waals surface area contributed by atoms with Gasteiger partial charge in [0.25, 0.3) is 0 Å². The number of hydrogen-bond donors (Lipinski definition) is 1. The van der Waals surface area contributed by atoms with Gasteiger partial charge in [-0.3, -0.25) is 4.79 Å². The SMILES string of the molecule is COC(=O)c1sc(-c2ccccc2)cc1NC(=O)CCCSc1ccc(OC)cc1. The number of nitrogens with one attached hydrogen (secondary N) is 1. The molecule has 0 saturated carbocycles. The quantitative estimate of drug-likeness (QED) is 0.261. The van der Waals surface area contributed by atoms with Crippen molar-refractivity contribution in [1.29, 1.82) is 0 Å². The lowest BCUT2D eigenvalue weighted by Crippen LogP contribution is -2.13. The van der Waals surface area contributed by atoms with Gasteiger partial charge >= 0.3 is 5.97 Å². The largest absolute Gasteiger partial charge is 0.497 e. The highest BCUT2D eigenvalue weighted by Crippen LogP contribution is 2.35. The summed E-state index contributed by atoms with van der Waals surface area (Å²) >= 11 is 3.01. The van der Waals surface area contributed by atoms with Crippen LogP contribution in [0.15, 0.2) is 65.6 Å². The Morgan fingerprint density at radius 2 is 1.77 bits per heavy atom. The Morgan fingerprint density at radius 1 is 1.03 bits per heavy atom. The van der Waals surface area contributed by atoms with Crippen LogP contribution in [0, 0.1) is 0 Å². The highest BCUT2D eigenvalue weighted by Gasteiger charge is 2.19. The minimum atomic E-state index is -0.451. The summed E-state index contributed by atoms with van der Waals surface area (Å²) in [6, 6.07) is 19.4. The Hall–Kier alpha value is -2.77. The minimum absolute atomic E-state index is 0.118. The lowest BCUT2D eigenvalue weighted by atomic mass is 10.2. The number of thioether (sulfide) groups is 1. The number of carbonyl (C=O) groups excluding carboxylic acids is 2. The van der Waals surface area contributed by atoms with Crippen LogP contribution in [0.2, 0.25) is 0 Å². The molecule has 0 aliphatic heterocycles. The molecule has 0 aliphatic carbocycles. The van der Waals surface area contributed by atoms with Crippen LogP contribution < -0.4 is 10.1 Å². The van der Waals surface area contributed by atoms with E-state index < -0.39 is 5.97 Å². The smallest absolute Gasteiger partial charge is 0.350 e. The maximum Gasteiger partial charge on any atom is 0.350 e. The van der Waals surface area contributed by atoms with E-state index in [-0.39, 0.29) is 5.91 Å². The second-order valence-corrected chi connectivity index (χ2v) is 8.61. The van der Waals surface area contributed by atoms with Gasteiger partial charge < -0.3 is 14.8 Å². The average Bonchev–Trinajstić information content (AvgIpc) is 3.21. The number of esters is 1. The predicted molar refractivity (Wildman–Crippen MR) is 123 cm³/mol. The zero-order chi connectivity index (χ0) is 21.3. The fourth-order valence-electron chi connectivity index (χ4n) is 2.78. The lowest BCUT2D eigenvalue weighted by molar-refractivity contribution is -0.116. The first kappa shape index (κ1) is 21.9. The van der Waals surface area contributed by atoms with Crippen molar-refractivity contribution in [3.05, 3.63) is 65.5 Å². The van der Waals surface area contributed by atoms with Crippen LogP contribution in [0.3, 0.4) is 0 Å². The van der Waals surface area contributed by atoms with E-state index in [4.69, 9.17) is 9.47 Å². The molecule has 1 amide bonds. The zero-order valence-corrected chi connectivity index (χ0v) is 18.5. The van der Waals surface area contributed by atoms with Crippen molar-refractivity contribution < 1.29 is 19.1 Å². The van der Waals surface area contributed by atoms with Gasteiger partial charge in [-0.15, -0.1) is 23.1 Å². The third-order valence-corrected chi connectivity index (χ3v) is 6.57. The number of rotatable bonds is 9. The van der Waals surface area contributed by atoms with Crippen LogP contribution >= 0.6 is 23.1 Å². The van der Waals surface area contributed by atoms with E-state index in [1.54, 1.807) is 18.9 Å². The van der Waals surface area contributed by atoms with Crippen LogP contribution in [0.5, 0.6) is 5.75 Å². The molecule has 1 heterocycles. The van der Waals surface area contributed by atoms with E-state index in [2.05, 4.69) is 5.32 Å². The summed E-state index contributed by atoms with van der Waals surface area (Å²) in [5.74, 6) is 1.08. The third-order valence-electron chi connectivity index (χ3n) is 4.31. The number of anilines is 1. The third kappa shape index (κ3) is 5.87. The fraction of sp³-hybridized carbons (Fsp3) is 0.217. The number of methoxy groups -OCH3 is 2. The van der Waals surface area contributed by atoms with E-state index in [9.17, 15) is 9.59 Å². The normalized spacial score (nSPS) is 10.5. The first-order chi connectivity index (χ1) is 14.6. The van der Waals surface area contributed by atoms with Gasteiger partial charge in [-0.25, -0.2) is 4.79 Å². The molecule has 0 fully saturated rings. The second-order valence-electron chi connectivity index (χ2n) is 6.39. The maximum atomic E-state index is 12.4. The molecule has 156 valence electrons. The molecule has 0 radical (unpaired) electrons. The van der Waals surface area contributed by atoms with Crippen molar-refractivity contribution in [3.63, 3.8) is 0 Å². The Bertz CT molecular complexity index is 984. The van der Waals surface area contributed by atoms with Gasteiger partial charge in [-0.2, -0.15) is 0 Å². The molecule has 0 bridgehead atoms. The van der Waals surface area contributed by atoms with Gasteiger partial charge in [0.05, 0.1) is 19.9 Å². The summed E-state index contributed by atoms with van der Waals surface area (Å²) in [5.41, 5.74) is 1.49. The highest BCUT2D eigenvalue weighted by molar-refractivity contribution is 7.99. The maximum absolute atomic E-state index is 12.4. The number of benzene rings is 2. The molecule has 0 aliphatic rings. The molecular weight excluding hydrogens is 418 g/mol. The summed E-state index contributed by atoms with van der Waals surface area (Å²) < 4.78 is 10.0. The second kappa shape index (κ2) is 10.8. The van der Waals surface area contributed by atoms with Crippen LogP contribution in [-0.4, -0.2) is 31.8 Å². The lowest BCUT2D eigenvalue weighted by Gasteiger charge is -2.06. The van der Waals surface area contributed by atoms with E-state index in [1.807, 2.05) is 60.7 Å². The Balaban J connectivity index is 1.57. The van der Waals surface area contributed by atoms with Gasteiger partial charge in [0, 0.05) is 16.2 Å². The molecule has 3 aromatic rings. The molecule has 3 rings (SSSR count). The predicted octanol–water partition coefficient (Wildman–Crippen LogP) is 5.72. The van der Waals surface area contributed by atoms with Gasteiger partial charge in [0.15, 0.2) is 0 Å². The van der Waals surface area contributed by atoms with Crippen LogP contribution in [0.25, 0.3) is 10.4 Å². The number of hydrogen-bond acceptors (Lipinski definition) is 6. The summed E-state index contributed by atoms with van der Waals surface area (Å²) in [6.07, 6.45) is 1.10. The van der Waals surface area contributed by atoms with Crippen molar-refractivity contribution >= 4 is 40.7 Å². The van der Waals surface area contributed by atoms with Crippen molar-refractivity contribution in [1.82, 2.24) is 0 Å². The summed E-state index contributed by atoms with van der Waals surface area (Å²) in [6.45, 7) is 0. The first-order valence-electron chi connectivity index (χ1n) is 9.45. The molecule has 0 saturated heterocycles. The van der Waals surface area contributed by atoms with Crippen molar-refractivity contribution in [3.8, 4) is 16.2 Å². The van der Waals surface area contributed by atoms with Crippen molar-refractivity contribution in [2.24, 2.45) is 0 Å². The van der Waals surface area contributed by atoms with Gasteiger partial charge in [0.2, 0.25) is 5.91 Å². The molecule has 2 aromatic carbocycles. The Morgan fingerprint density at radius 3 is 2.43 bits per heavy atom. The molecule has 7 heteroatoms. The molecule has 0 atom stereocenters. The van der Waals surface area contributed by atoms with Crippen LogP contribution in [-0.2, 0) is 9.53 Å². The summed E-state index contributed by atoms with van der Waals surface area (Å²) in [4.78, 5) is 27.0. The molecule has 0 unspecified atom stereocenters. The Kier molecular flexibility index (Phi) is 7.93. The number of carbonyl (C=O) groups is 2. The highest BCUT2D eigenvalue weighted by atomic mass is 32.2. The minimum Gasteiger partial charge on any atom is -0.497 e. The Labute approximate surface area is 184 Å². The molecular formula is C23H23NO4S2. The van der Waals surface area contributed by atoms with Gasteiger partial charge in [-0.05, 0) is 48.1 Å². The standard InChI is InChI=1S/C23H23NO4S2/c1-27-17-10-12-18(13-11-17)29-14-6-9-21(25)24-19-15-20(16-7-4-3-5-8-16)30-22(19)23(26)28-2/h3-5,7-8,10-13,15H,6,9,14H2,1-2H3,(H,24,25). The topological polar surface area (TPSA) is 64.6 Å². The summed E-state index contributed by atoms with van der Waals surface area (Å²) in [7, 11) is 2.98. The van der Waals surface area contributed by atoms with Crippen molar-refractivity contribution in [2.45, 2.75) is 17.7 Å². The van der Waals surface area contributed by atoms with E-state index in [1.165, 1.54) is 18.4 Å². The summed E-state index contributed by atoms with van der Waals surface area (Å²) in [5, 5.41) is 2.87. The van der Waals surface area contributed by atoms with Crippen LogP contribution in [0.4, 0.5) is 5.69 Å². The monoisotopic (exact) mass is 441 g/mol. The van der Waals surface area contributed by atoms with Gasteiger partial charge in [-0.1, -0.05) is 30.3 Å². The zero-order valence-electron chi connectivity index (χ0n) is 16.8. The number of thiophene rings is 1. The van der Waals surface area contributed by atoms with Gasteiger partial charge in [0.1, 0.15) is 10.6 Å². The van der Waals surface area contributed by atoms with E-state index >= 15 is 0 Å². The fourth-order valence-corrected chi connectivity index (χ4v) is 4.67. The number of amides is 1.